The van der Waals surface area contributed by atoms with Gasteiger partial charge in [0.05, 0.1) is 16.2 Å². The second-order valence-electron chi connectivity index (χ2n) is 4.45. The minimum Gasteiger partial charge on any atom is -0.386 e. The van der Waals surface area contributed by atoms with E-state index in [2.05, 4.69) is 4.98 Å². The summed E-state index contributed by atoms with van der Waals surface area (Å²) in [7, 11) is 0. The van der Waals surface area contributed by atoms with Crippen molar-refractivity contribution >= 4 is 11.3 Å². The van der Waals surface area contributed by atoms with E-state index in [-0.39, 0.29) is 0 Å². The summed E-state index contributed by atoms with van der Waals surface area (Å²) in [5, 5.41) is 12.2. The molecule has 0 unspecified atom stereocenters. The molecule has 3 heteroatoms. The number of hydrogen-bond donors (Lipinski definition) is 1. The van der Waals surface area contributed by atoms with Gasteiger partial charge in [-0.1, -0.05) is 6.07 Å². The summed E-state index contributed by atoms with van der Waals surface area (Å²) in [5.74, 6) is 0. The monoisotopic (exact) mass is 233 g/mol. The fourth-order valence-electron chi connectivity index (χ4n) is 1.65. The first-order valence-corrected chi connectivity index (χ1v) is 6.10. The van der Waals surface area contributed by atoms with Gasteiger partial charge in [-0.3, -0.25) is 4.98 Å². The highest BCUT2D eigenvalue weighted by molar-refractivity contribution is 7.13. The van der Waals surface area contributed by atoms with Gasteiger partial charge in [-0.25, -0.2) is 0 Å². The Morgan fingerprint density at radius 3 is 2.69 bits per heavy atom. The first kappa shape index (κ1) is 11.3. The van der Waals surface area contributed by atoms with E-state index in [4.69, 9.17) is 0 Å². The molecule has 0 aromatic carbocycles. The highest BCUT2D eigenvalue weighted by Gasteiger charge is 2.22. The molecule has 0 saturated heterocycles. The molecule has 0 spiro atoms. The predicted octanol–water partition coefficient (Wildman–Crippen LogP) is 3.35. The second kappa shape index (κ2) is 4.00. The molecule has 2 heterocycles. The van der Waals surface area contributed by atoms with Crippen LogP contribution >= 0.6 is 11.3 Å². The van der Waals surface area contributed by atoms with Crippen LogP contribution in [0.25, 0.3) is 10.6 Å². The lowest BCUT2D eigenvalue weighted by Gasteiger charge is -2.21. The van der Waals surface area contributed by atoms with Crippen molar-refractivity contribution in [3.63, 3.8) is 0 Å². The minimum atomic E-state index is -0.863. The number of pyridine rings is 1. The standard InChI is InChI=1S/C13H15NOS/c1-9-7-10(13(2,3)15)12(14-8-9)11-5-4-6-16-11/h4-8,15H,1-3H3. The van der Waals surface area contributed by atoms with Crippen LogP contribution in [0.2, 0.25) is 0 Å². The number of aryl methyl sites for hydroxylation is 1. The smallest absolute Gasteiger partial charge is 0.0862 e. The molecule has 0 radical (unpaired) electrons. The average Bonchev–Trinajstić information content (AvgIpc) is 2.69. The van der Waals surface area contributed by atoms with Crippen molar-refractivity contribution in [1.29, 1.82) is 0 Å². The Morgan fingerprint density at radius 2 is 2.12 bits per heavy atom. The van der Waals surface area contributed by atoms with E-state index in [0.29, 0.717) is 0 Å². The van der Waals surface area contributed by atoms with Crippen LogP contribution in [0.1, 0.15) is 25.0 Å². The minimum absolute atomic E-state index is 0.863. The van der Waals surface area contributed by atoms with Crippen LogP contribution in [0.3, 0.4) is 0 Å². The van der Waals surface area contributed by atoms with Crippen LogP contribution < -0.4 is 0 Å². The van der Waals surface area contributed by atoms with E-state index in [9.17, 15) is 5.11 Å². The maximum atomic E-state index is 10.2. The third kappa shape index (κ3) is 2.15. The van der Waals surface area contributed by atoms with Gasteiger partial charge in [0, 0.05) is 11.8 Å². The van der Waals surface area contributed by atoms with Crippen molar-refractivity contribution in [3.8, 4) is 10.6 Å². The molecule has 0 aliphatic rings. The third-order valence-corrected chi connectivity index (χ3v) is 3.31. The molecule has 16 heavy (non-hydrogen) atoms. The third-order valence-electron chi connectivity index (χ3n) is 2.44. The summed E-state index contributed by atoms with van der Waals surface area (Å²) in [5.41, 5.74) is 1.97. The van der Waals surface area contributed by atoms with Gasteiger partial charge in [0.1, 0.15) is 0 Å². The summed E-state index contributed by atoms with van der Waals surface area (Å²) in [4.78, 5) is 5.53. The van der Waals surface area contributed by atoms with Crippen LogP contribution in [0.5, 0.6) is 0 Å². The molecule has 0 fully saturated rings. The Labute approximate surface area is 99.6 Å². The Balaban J connectivity index is 2.62. The molecule has 1 N–H and O–H groups in total. The lowest BCUT2D eigenvalue weighted by molar-refractivity contribution is 0.0788. The number of hydrogen-bond acceptors (Lipinski definition) is 3. The fraction of sp³-hybridized carbons (Fsp3) is 0.308. The van der Waals surface area contributed by atoms with Crippen LogP contribution in [0.15, 0.2) is 29.8 Å². The highest BCUT2D eigenvalue weighted by atomic mass is 32.1. The summed E-state index contributed by atoms with van der Waals surface area (Å²) in [6.07, 6.45) is 1.84. The van der Waals surface area contributed by atoms with Crippen LogP contribution in [-0.2, 0) is 5.60 Å². The molecule has 0 amide bonds. The lowest BCUT2D eigenvalue weighted by atomic mass is 9.95. The van der Waals surface area contributed by atoms with Gasteiger partial charge in [0.25, 0.3) is 0 Å². The van der Waals surface area contributed by atoms with Crippen LogP contribution in [0, 0.1) is 6.92 Å². The van der Waals surface area contributed by atoms with Crippen LogP contribution in [-0.4, -0.2) is 10.1 Å². The normalized spacial score (nSPS) is 11.8. The van der Waals surface area contributed by atoms with Crippen molar-refractivity contribution < 1.29 is 5.11 Å². The molecule has 0 saturated carbocycles. The fourth-order valence-corrected chi connectivity index (χ4v) is 2.38. The largest absolute Gasteiger partial charge is 0.386 e. The van der Waals surface area contributed by atoms with Crippen molar-refractivity contribution in [2.45, 2.75) is 26.4 Å². The van der Waals surface area contributed by atoms with Gasteiger partial charge in [-0.2, -0.15) is 0 Å². The zero-order valence-electron chi connectivity index (χ0n) is 9.69. The van der Waals surface area contributed by atoms with Crippen molar-refractivity contribution in [1.82, 2.24) is 4.98 Å². The molecule has 0 atom stereocenters. The van der Waals surface area contributed by atoms with Gasteiger partial charge in [-0.15, -0.1) is 11.3 Å². The van der Waals surface area contributed by atoms with E-state index in [1.54, 1.807) is 25.2 Å². The van der Waals surface area contributed by atoms with E-state index < -0.39 is 5.60 Å². The number of aromatic nitrogens is 1. The average molecular weight is 233 g/mol. The zero-order chi connectivity index (χ0) is 11.8. The van der Waals surface area contributed by atoms with Gasteiger partial charge in [0.2, 0.25) is 0 Å². The molecule has 2 aromatic heterocycles. The number of thiophene rings is 1. The number of nitrogens with zero attached hydrogens (tertiary/aromatic N) is 1. The van der Waals surface area contributed by atoms with Crippen molar-refractivity contribution in [3.05, 3.63) is 40.9 Å². The van der Waals surface area contributed by atoms with Gasteiger partial charge in [0.15, 0.2) is 0 Å². The Bertz CT molecular complexity index is 483. The lowest BCUT2D eigenvalue weighted by Crippen LogP contribution is -2.17. The SMILES string of the molecule is Cc1cnc(-c2cccs2)c(C(C)(C)O)c1. The predicted molar refractivity (Wildman–Crippen MR) is 67.5 cm³/mol. The van der Waals surface area contributed by atoms with Crippen LogP contribution in [0.4, 0.5) is 0 Å². The topological polar surface area (TPSA) is 33.1 Å². The summed E-state index contributed by atoms with van der Waals surface area (Å²) < 4.78 is 0. The molecule has 2 nitrogen and oxygen atoms in total. The first-order chi connectivity index (χ1) is 7.48. The van der Waals surface area contributed by atoms with Crippen molar-refractivity contribution in [2.24, 2.45) is 0 Å². The molecule has 2 aromatic rings. The van der Waals surface area contributed by atoms with E-state index >= 15 is 0 Å². The molecule has 0 aliphatic heterocycles. The number of aliphatic hydroxyl groups is 1. The molecular weight excluding hydrogens is 218 g/mol. The molecule has 84 valence electrons. The first-order valence-electron chi connectivity index (χ1n) is 5.22. The van der Waals surface area contributed by atoms with E-state index in [1.165, 1.54) is 0 Å². The van der Waals surface area contributed by atoms with Crippen molar-refractivity contribution in [2.75, 3.05) is 0 Å². The van der Waals surface area contributed by atoms with E-state index in [1.807, 2.05) is 36.7 Å². The summed E-state index contributed by atoms with van der Waals surface area (Å²) >= 11 is 1.64. The molecular formula is C13H15NOS. The molecule has 0 aliphatic carbocycles. The molecule has 2 rings (SSSR count). The van der Waals surface area contributed by atoms with Gasteiger partial charge < -0.3 is 5.11 Å². The van der Waals surface area contributed by atoms with Gasteiger partial charge >= 0.3 is 0 Å². The Kier molecular flexibility index (Phi) is 2.82. The highest BCUT2D eigenvalue weighted by Crippen LogP contribution is 2.32. The number of rotatable bonds is 2. The summed E-state index contributed by atoms with van der Waals surface area (Å²) in [6, 6.07) is 6.02. The van der Waals surface area contributed by atoms with Gasteiger partial charge in [-0.05, 0) is 43.8 Å². The Morgan fingerprint density at radius 1 is 1.38 bits per heavy atom. The van der Waals surface area contributed by atoms with E-state index in [0.717, 1.165) is 21.7 Å². The maximum Gasteiger partial charge on any atom is 0.0862 e. The second-order valence-corrected chi connectivity index (χ2v) is 5.39. The zero-order valence-corrected chi connectivity index (χ0v) is 10.5. The quantitative estimate of drug-likeness (QED) is 0.863. The Hall–Kier alpha value is -1.19. The summed E-state index contributed by atoms with van der Waals surface area (Å²) in [6.45, 7) is 5.57. The maximum absolute atomic E-state index is 10.2. The molecule has 0 bridgehead atoms.